The number of phenolic OH excluding ortho intramolecular Hbond substituents is 1. The van der Waals surface area contributed by atoms with Crippen LogP contribution in [0.25, 0.3) is 0 Å². The van der Waals surface area contributed by atoms with Gasteiger partial charge in [-0.25, -0.2) is 4.98 Å². The van der Waals surface area contributed by atoms with Crippen molar-refractivity contribution < 1.29 is 9.84 Å². The first-order valence-electron chi connectivity index (χ1n) is 5.20. The van der Waals surface area contributed by atoms with E-state index in [-0.39, 0.29) is 5.75 Å². The van der Waals surface area contributed by atoms with Crippen LogP contribution < -0.4 is 10.1 Å². The number of nitrogens with zero attached hydrogens (tertiary/aromatic N) is 2. The molecule has 0 aliphatic rings. The van der Waals surface area contributed by atoms with Crippen molar-refractivity contribution in [3.8, 4) is 11.5 Å². The number of aromatic amines is 1. The molecule has 0 atom stereocenters. The number of phenols is 1. The Bertz CT molecular complexity index is 470. The van der Waals surface area contributed by atoms with Crippen LogP contribution in [0.15, 0.2) is 24.5 Å². The first-order valence-corrected chi connectivity index (χ1v) is 5.20. The van der Waals surface area contributed by atoms with Crippen LogP contribution in [0.4, 0.5) is 0 Å². The molecule has 1 aromatic heterocycles. The van der Waals surface area contributed by atoms with Gasteiger partial charge in [-0.15, -0.1) is 0 Å². The van der Waals surface area contributed by atoms with E-state index in [1.165, 1.54) is 13.4 Å². The number of ether oxygens (including phenoxy) is 1. The van der Waals surface area contributed by atoms with Crippen LogP contribution in [0.5, 0.6) is 11.5 Å². The van der Waals surface area contributed by atoms with Gasteiger partial charge in [-0.1, -0.05) is 6.07 Å². The van der Waals surface area contributed by atoms with Crippen molar-refractivity contribution in [3.63, 3.8) is 0 Å². The fraction of sp³-hybridized carbons (Fsp3) is 0.273. The molecule has 0 aliphatic heterocycles. The lowest BCUT2D eigenvalue weighted by molar-refractivity contribution is 0.372. The minimum absolute atomic E-state index is 0.145. The summed E-state index contributed by atoms with van der Waals surface area (Å²) in [4.78, 5) is 4.00. The van der Waals surface area contributed by atoms with E-state index in [0.717, 1.165) is 11.4 Å². The second-order valence-electron chi connectivity index (χ2n) is 3.54. The van der Waals surface area contributed by atoms with Gasteiger partial charge in [0.05, 0.1) is 13.7 Å². The molecule has 2 rings (SSSR count). The van der Waals surface area contributed by atoms with Gasteiger partial charge < -0.3 is 15.2 Å². The van der Waals surface area contributed by atoms with Gasteiger partial charge in [0, 0.05) is 6.54 Å². The molecule has 90 valence electrons. The summed E-state index contributed by atoms with van der Waals surface area (Å²) in [5, 5.41) is 19.2. The summed E-state index contributed by atoms with van der Waals surface area (Å²) in [7, 11) is 1.53. The maximum Gasteiger partial charge on any atom is 0.160 e. The van der Waals surface area contributed by atoms with Gasteiger partial charge in [0.25, 0.3) is 0 Å². The Morgan fingerprint density at radius 1 is 1.41 bits per heavy atom. The summed E-state index contributed by atoms with van der Waals surface area (Å²) in [5.41, 5.74) is 1.03. The lowest BCUT2D eigenvalue weighted by Crippen LogP contribution is -2.13. The highest BCUT2D eigenvalue weighted by Crippen LogP contribution is 2.26. The zero-order chi connectivity index (χ0) is 12.1. The molecule has 1 heterocycles. The predicted octanol–water partition coefficient (Wildman–Crippen LogP) is 0.809. The monoisotopic (exact) mass is 234 g/mol. The number of aromatic hydroxyl groups is 1. The summed E-state index contributed by atoms with van der Waals surface area (Å²) >= 11 is 0. The van der Waals surface area contributed by atoms with Gasteiger partial charge in [0.2, 0.25) is 0 Å². The standard InChI is InChI=1S/C11H14N4O2/c1-17-10-4-8(2-3-9(10)16)5-12-6-11-13-7-14-15-11/h2-4,7,12,16H,5-6H2,1H3,(H,13,14,15). The summed E-state index contributed by atoms with van der Waals surface area (Å²) in [6.07, 6.45) is 1.47. The number of hydrogen-bond acceptors (Lipinski definition) is 5. The average molecular weight is 234 g/mol. The second kappa shape index (κ2) is 5.31. The van der Waals surface area contributed by atoms with E-state index in [9.17, 15) is 5.11 Å². The third kappa shape index (κ3) is 2.94. The Hall–Kier alpha value is -2.08. The second-order valence-corrected chi connectivity index (χ2v) is 3.54. The zero-order valence-corrected chi connectivity index (χ0v) is 9.47. The maximum absolute atomic E-state index is 9.44. The third-order valence-corrected chi connectivity index (χ3v) is 2.33. The van der Waals surface area contributed by atoms with Gasteiger partial charge in [-0.3, -0.25) is 5.10 Å². The van der Waals surface area contributed by atoms with Gasteiger partial charge in [-0.2, -0.15) is 5.10 Å². The molecule has 6 heteroatoms. The van der Waals surface area contributed by atoms with E-state index >= 15 is 0 Å². The van der Waals surface area contributed by atoms with E-state index in [1.54, 1.807) is 12.1 Å². The fourth-order valence-electron chi connectivity index (χ4n) is 1.47. The molecule has 0 fully saturated rings. The third-order valence-electron chi connectivity index (χ3n) is 2.33. The topological polar surface area (TPSA) is 83.1 Å². The van der Waals surface area contributed by atoms with E-state index in [2.05, 4.69) is 20.5 Å². The van der Waals surface area contributed by atoms with Crippen LogP contribution in [0.3, 0.4) is 0 Å². The lowest BCUT2D eigenvalue weighted by Gasteiger charge is -2.07. The van der Waals surface area contributed by atoms with Crippen LogP contribution in [0, 0.1) is 0 Å². The molecule has 0 spiro atoms. The lowest BCUT2D eigenvalue weighted by atomic mass is 10.2. The van der Waals surface area contributed by atoms with Crippen molar-refractivity contribution in [2.24, 2.45) is 0 Å². The van der Waals surface area contributed by atoms with Crippen LogP contribution in [-0.2, 0) is 13.1 Å². The Morgan fingerprint density at radius 2 is 2.29 bits per heavy atom. The first kappa shape index (κ1) is 11.4. The molecule has 0 saturated heterocycles. The van der Waals surface area contributed by atoms with E-state index in [1.807, 2.05) is 6.07 Å². The smallest absolute Gasteiger partial charge is 0.160 e. The van der Waals surface area contributed by atoms with Gasteiger partial charge in [0.1, 0.15) is 12.2 Å². The number of benzene rings is 1. The molecule has 2 aromatic rings. The number of aromatic nitrogens is 3. The molecule has 1 aromatic carbocycles. The molecule has 0 radical (unpaired) electrons. The highest BCUT2D eigenvalue weighted by atomic mass is 16.5. The normalized spacial score (nSPS) is 10.4. The van der Waals surface area contributed by atoms with Crippen molar-refractivity contribution >= 4 is 0 Å². The number of rotatable bonds is 5. The van der Waals surface area contributed by atoms with Crippen LogP contribution in [-0.4, -0.2) is 27.4 Å². The van der Waals surface area contributed by atoms with Crippen molar-refractivity contribution in [2.75, 3.05) is 7.11 Å². The van der Waals surface area contributed by atoms with Crippen LogP contribution >= 0.6 is 0 Å². The van der Waals surface area contributed by atoms with Crippen LogP contribution in [0.2, 0.25) is 0 Å². The largest absolute Gasteiger partial charge is 0.504 e. The van der Waals surface area contributed by atoms with Crippen molar-refractivity contribution in [1.29, 1.82) is 0 Å². The molecular formula is C11H14N4O2. The van der Waals surface area contributed by atoms with E-state index in [4.69, 9.17) is 4.74 Å². The van der Waals surface area contributed by atoms with Crippen molar-refractivity contribution in [1.82, 2.24) is 20.5 Å². The van der Waals surface area contributed by atoms with Gasteiger partial charge in [-0.05, 0) is 17.7 Å². The van der Waals surface area contributed by atoms with E-state index < -0.39 is 0 Å². The van der Waals surface area contributed by atoms with E-state index in [0.29, 0.717) is 18.8 Å². The summed E-state index contributed by atoms with van der Waals surface area (Å²) in [6, 6.07) is 5.25. The number of H-pyrrole nitrogens is 1. The molecule has 3 N–H and O–H groups in total. The highest BCUT2D eigenvalue weighted by Gasteiger charge is 2.02. The average Bonchev–Trinajstić information content (AvgIpc) is 2.84. The summed E-state index contributed by atoms with van der Waals surface area (Å²) in [6.45, 7) is 1.28. The number of nitrogens with one attached hydrogen (secondary N) is 2. The minimum Gasteiger partial charge on any atom is -0.504 e. The molecule has 6 nitrogen and oxygen atoms in total. The van der Waals surface area contributed by atoms with Crippen LogP contribution in [0.1, 0.15) is 11.4 Å². The van der Waals surface area contributed by atoms with Crippen molar-refractivity contribution in [3.05, 3.63) is 35.9 Å². The number of methoxy groups -OCH3 is 1. The molecule has 0 unspecified atom stereocenters. The Morgan fingerprint density at radius 3 is 3.00 bits per heavy atom. The van der Waals surface area contributed by atoms with Gasteiger partial charge >= 0.3 is 0 Å². The Kier molecular flexibility index (Phi) is 3.56. The minimum atomic E-state index is 0.145. The predicted molar refractivity (Wildman–Crippen MR) is 61.6 cm³/mol. The zero-order valence-electron chi connectivity index (χ0n) is 9.47. The quantitative estimate of drug-likeness (QED) is 0.713. The maximum atomic E-state index is 9.44. The molecule has 17 heavy (non-hydrogen) atoms. The molecule has 0 saturated carbocycles. The Labute approximate surface area is 98.7 Å². The molecule has 0 amide bonds. The summed E-state index contributed by atoms with van der Waals surface area (Å²) in [5.74, 6) is 1.41. The SMILES string of the molecule is COc1cc(CNCc2ncn[nH]2)ccc1O. The number of hydrogen-bond donors (Lipinski definition) is 3. The van der Waals surface area contributed by atoms with Gasteiger partial charge in [0.15, 0.2) is 11.5 Å². The summed E-state index contributed by atoms with van der Waals surface area (Å²) < 4.78 is 5.03. The fourth-order valence-corrected chi connectivity index (χ4v) is 1.47. The Balaban J connectivity index is 1.90. The molecule has 0 aliphatic carbocycles. The molecular weight excluding hydrogens is 220 g/mol. The highest BCUT2D eigenvalue weighted by molar-refractivity contribution is 5.41. The molecule has 0 bridgehead atoms. The van der Waals surface area contributed by atoms with Crippen molar-refractivity contribution in [2.45, 2.75) is 13.1 Å². The first-order chi connectivity index (χ1) is 8.29.